The molecule has 21 heavy (non-hydrogen) atoms. The molecule has 1 aromatic rings. The first-order chi connectivity index (χ1) is 10.2. The lowest BCUT2D eigenvalue weighted by molar-refractivity contribution is -0.123. The lowest BCUT2D eigenvalue weighted by atomic mass is 10.1. The molecule has 5 nitrogen and oxygen atoms in total. The summed E-state index contributed by atoms with van der Waals surface area (Å²) in [5, 5.41) is 6.28. The van der Waals surface area contributed by atoms with Crippen molar-refractivity contribution >= 4 is 5.91 Å². The van der Waals surface area contributed by atoms with E-state index in [0.29, 0.717) is 18.9 Å². The second-order valence-electron chi connectivity index (χ2n) is 5.84. The Morgan fingerprint density at radius 1 is 1.48 bits per heavy atom. The third-order valence-electron chi connectivity index (χ3n) is 3.81. The number of nitrogens with zero attached hydrogens (tertiary/aromatic N) is 1. The van der Waals surface area contributed by atoms with Crippen molar-refractivity contribution in [3.8, 4) is 0 Å². The van der Waals surface area contributed by atoms with E-state index >= 15 is 0 Å². The van der Waals surface area contributed by atoms with Crippen LogP contribution in [0.15, 0.2) is 24.4 Å². The largest absolute Gasteiger partial charge is 0.354 e. The average Bonchev–Trinajstić information content (AvgIpc) is 3.31. The van der Waals surface area contributed by atoms with Crippen LogP contribution in [0.25, 0.3) is 0 Å². The van der Waals surface area contributed by atoms with Crippen LogP contribution in [-0.4, -0.2) is 36.1 Å². The molecule has 1 aliphatic rings. The minimum atomic E-state index is -0.154. The fraction of sp³-hybridized carbons (Fsp3) is 0.625. The van der Waals surface area contributed by atoms with E-state index in [1.165, 1.54) is 12.8 Å². The summed E-state index contributed by atoms with van der Waals surface area (Å²) in [7, 11) is 0. The van der Waals surface area contributed by atoms with Crippen LogP contribution in [-0.2, 0) is 11.2 Å². The van der Waals surface area contributed by atoms with E-state index in [1.54, 1.807) is 6.20 Å². The first-order valence-electron chi connectivity index (χ1n) is 7.85. The van der Waals surface area contributed by atoms with E-state index < -0.39 is 0 Å². The highest BCUT2D eigenvalue weighted by atomic mass is 16.2. The van der Waals surface area contributed by atoms with E-state index in [-0.39, 0.29) is 18.0 Å². The average molecular weight is 290 g/mol. The van der Waals surface area contributed by atoms with Crippen molar-refractivity contribution in [1.82, 2.24) is 15.6 Å². The molecule has 1 amide bonds. The molecule has 4 N–H and O–H groups in total. The molecule has 1 saturated carbocycles. The number of rotatable bonds is 9. The zero-order valence-corrected chi connectivity index (χ0v) is 12.7. The quantitative estimate of drug-likeness (QED) is 0.630. The maximum absolute atomic E-state index is 12.1. The van der Waals surface area contributed by atoms with Crippen molar-refractivity contribution in [2.75, 3.05) is 13.1 Å². The van der Waals surface area contributed by atoms with Crippen molar-refractivity contribution in [2.24, 2.45) is 11.7 Å². The van der Waals surface area contributed by atoms with Gasteiger partial charge in [0.2, 0.25) is 5.91 Å². The smallest absolute Gasteiger partial charge is 0.237 e. The van der Waals surface area contributed by atoms with E-state index in [2.05, 4.69) is 15.6 Å². The maximum Gasteiger partial charge on any atom is 0.237 e. The first kappa shape index (κ1) is 15.9. The Morgan fingerprint density at radius 3 is 2.90 bits per heavy atom. The predicted molar refractivity (Wildman–Crippen MR) is 83.7 cm³/mol. The first-order valence-corrected chi connectivity index (χ1v) is 7.85. The van der Waals surface area contributed by atoms with Gasteiger partial charge in [-0.15, -0.1) is 0 Å². The van der Waals surface area contributed by atoms with Crippen LogP contribution < -0.4 is 16.4 Å². The van der Waals surface area contributed by atoms with Gasteiger partial charge < -0.3 is 16.4 Å². The highest BCUT2D eigenvalue weighted by molar-refractivity contribution is 5.81. The number of nitrogens with one attached hydrogen (secondary N) is 2. The summed E-state index contributed by atoms with van der Waals surface area (Å²) in [6, 6.07) is 5.64. The zero-order valence-electron chi connectivity index (χ0n) is 12.7. The van der Waals surface area contributed by atoms with Gasteiger partial charge in [-0.05, 0) is 37.3 Å². The third-order valence-corrected chi connectivity index (χ3v) is 3.81. The van der Waals surface area contributed by atoms with Crippen LogP contribution in [0.2, 0.25) is 0 Å². The molecule has 1 aliphatic carbocycles. The van der Waals surface area contributed by atoms with Gasteiger partial charge in [-0.3, -0.25) is 9.78 Å². The molecule has 1 aromatic heterocycles. The number of nitrogens with two attached hydrogens (primary N) is 1. The van der Waals surface area contributed by atoms with Crippen molar-refractivity contribution in [1.29, 1.82) is 0 Å². The molecule has 2 atom stereocenters. The zero-order chi connectivity index (χ0) is 15.1. The minimum Gasteiger partial charge on any atom is -0.354 e. The Morgan fingerprint density at radius 2 is 2.29 bits per heavy atom. The molecule has 0 radical (unpaired) electrons. The van der Waals surface area contributed by atoms with Gasteiger partial charge in [-0.2, -0.15) is 0 Å². The molecule has 0 aromatic carbocycles. The van der Waals surface area contributed by atoms with Crippen LogP contribution in [0.5, 0.6) is 0 Å². The van der Waals surface area contributed by atoms with Crippen molar-refractivity contribution in [2.45, 2.75) is 44.7 Å². The van der Waals surface area contributed by atoms with Crippen LogP contribution in [0.1, 0.15) is 31.9 Å². The molecule has 1 fully saturated rings. The molecule has 0 bridgehead atoms. The van der Waals surface area contributed by atoms with Crippen molar-refractivity contribution < 1.29 is 4.79 Å². The second-order valence-corrected chi connectivity index (χ2v) is 5.84. The Hall–Kier alpha value is -1.46. The number of amides is 1. The van der Waals surface area contributed by atoms with Gasteiger partial charge in [0.1, 0.15) is 0 Å². The van der Waals surface area contributed by atoms with Gasteiger partial charge in [0.05, 0.1) is 6.04 Å². The molecule has 116 valence electrons. The lowest BCUT2D eigenvalue weighted by Gasteiger charge is -2.19. The molecule has 0 saturated heterocycles. The fourth-order valence-corrected chi connectivity index (χ4v) is 2.27. The summed E-state index contributed by atoms with van der Waals surface area (Å²) in [6.45, 7) is 3.45. The summed E-state index contributed by atoms with van der Waals surface area (Å²) < 4.78 is 0. The molecule has 5 heteroatoms. The number of hydrogen-bond acceptors (Lipinski definition) is 4. The second kappa shape index (κ2) is 8.10. The standard InChI is InChI=1S/C16H26N4O/c1-2-15(16(21)20-10-12-6-7-12)19-11-13(17)9-14-5-3-4-8-18-14/h3-5,8,12-13,15,19H,2,6-7,9-11,17H2,1H3,(H,20,21)/t13-,15-/m0/s1. The summed E-state index contributed by atoms with van der Waals surface area (Å²) >= 11 is 0. The van der Waals surface area contributed by atoms with Gasteiger partial charge in [-0.1, -0.05) is 13.0 Å². The normalized spacial score (nSPS) is 17.2. The maximum atomic E-state index is 12.1. The number of aromatic nitrogens is 1. The van der Waals surface area contributed by atoms with Gasteiger partial charge in [0.15, 0.2) is 0 Å². The molecular formula is C16H26N4O. The fourth-order valence-electron chi connectivity index (χ4n) is 2.27. The Kier molecular flexibility index (Phi) is 6.14. The highest BCUT2D eigenvalue weighted by Crippen LogP contribution is 2.27. The topological polar surface area (TPSA) is 80.0 Å². The van der Waals surface area contributed by atoms with Gasteiger partial charge in [0, 0.05) is 37.4 Å². The van der Waals surface area contributed by atoms with E-state index in [1.807, 2.05) is 25.1 Å². The molecule has 1 heterocycles. The number of carbonyl (C=O) groups excluding carboxylic acids is 1. The summed E-state index contributed by atoms with van der Waals surface area (Å²) in [6.07, 6.45) is 5.76. The Bertz CT molecular complexity index is 433. The van der Waals surface area contributed by atoms with Crippen molar-refractivity contribution in [3.05, 3.63) is 30.1 Å². The molecule has 2 rings (SSSR count). The van der Waals surface area contributed by atoms with E-state index in [0.717, 1.165) is 18.7 Å². The van der Waals surface area contributed by atoms with Gasteiger partial charge in [-0.25, -0.2) is 0 Å². The van der Waals surface area contributed by atoms with Gasteiger partial charge >= 0.3 is 0 Å². The molecular weight excluding hydrogens is 264 g/mol. The summed E-state index contributed by atoms with van der Waals surface area (Å²) in [4.78, 5) is 16.3. The van der Waals surface area contributed by atoms with Gasteiger partial charge in [0.25, 0.3) is 0 Å². The van der Waals surface area contributed by atoms with Crippen LogP contribution >= 0.6 is 0 Å². The summed E-state index contributed by atoms with van der Waals surface area (Å²) in [5.41, 5.74) is 7.09. The lowest BCUT2D eigenvalue weighted by Crippen LogP contribution is -2.48. The number of carbonyl (C=O) groups is 1. The van der Waals surface area contributed by atoms with Crippen molar-refractivity contribution in [3.63, 3.8) is 0 Å². The minimum absolute atomic E-state index is 0.0369. The molecule has 0 unspecified atom stereocenters. The summed E-state index contributed by atoms with van der Waals surface area (Å²) in [5.74, 6) is 0.798. The monoisotopic (exact) mass is 290 g/mol. The SMILES string of the molecule is CC[C@H](NC[C@@H](N)Cc1ccccn1)C(=O)NCC1CC1. The van der Waals surface area contributed by atoms with Crippen LogP contribution in [0.4, 0.5) is 0 Å². The molecule has 0 spiro atoms. The number of hydrogen-bond donors (Lipinski definition) is 3. The third kappa shape index (κ3) is 5.81. The van der Waals surface area contributed by atoms with Crippen LogP contribution in [0.3, 0.4) is 0 Å². The number of pyridine rings is 1. The Balaban J connectivity index is 1.69. The van der Waals surface area contributed by atoms with E-state index in [4.69, 9.17) is 5.73 Å². The highest BCUT2D eigenvalue weighted by Gasteiger charge is 2.23. The van der Waals surface area contributed by atoms with Crippen LogP contribution in [0, 0.1) is 5.92 Å². The molecule has 0 aliphatic heterocycles. The van der Waals surface area contributed by atoms with E-state index in [9.17, 15) is 4.79 Å². The predicted octanol–water partition coefficient (Wildman–Crippen LogP) is 0.846. The Labute approximate surface area is 126 Å².